The van der Waals surface area contributed by atoms with E-state index in [1.165, 1.54) is 24.3 Å². The Kier molecular flexibility index (Phi) is 2.93. The van der Waals surface area contributed by atoms with Crippen LogP contribution in [0.1, 0.15) is 24.6 Å². The van der Waals surface area contributed by atoms with E-state index in [0.717, 1.165) is 17.2 Å². The molecule has 0 aliphatic carbocycles. The Bertz CT molecular complexity index is 519. The van der Waals surface area contributed by atoms with Gasteiger partial charge in [0.25, 0.3) is 0 Å². The van der Waals surface area contributed by atoms with E-state index in [4.69, 9.17) is 4.74 Å². The van der Waals surface area contributed by atoms with Crippen molar-refractivity contribution in [1.29, 1.82) is 0 Å². The molecule has 0 spiro atoms. The van der Waals surface area contributed by atoms with E-state index in [1.54, 1.807) is 7.11 Å². The molecule has 1 saturated heterocycles. The maximum Gasteiger partial charge on any atom is 0.203 e. The molecule has 1 aliphatic rings. The zero-order chi connectivity index (χ0) is 11.7. The fraction of sp³-hybridized carbons (Fsp3) is 0.500. The Hall–Kier alpha value is -1.23. The van der Waals surface area contributed by atoms with Gasteiger partial charge in [-0.25, -0.2) is 0 Å². The third-order valence-electron chi connectivity index (χ3n) is 3.23. The average Bonchev–Trinajstić information content (AvgIpc) is 2.83. The molecule has 0 N–H and O–H groups in total. The highest BCUT2D eigenvalue weighted by atomic mass is 32.2. The van der Waals surface area contributed by atoms with Crippen molar-refractivity contribution in [3.8, 4) is 5.75 Å². The fourth-order valence-electron chi connectivity index (χ4n) is 2.30. The molecule has 0 radical (unpaired) electrons. The van der Waals surface area contributed by atoms with Crippen molar-refractivity contribution < 1.29 is 4.74 Å². The highest BCUT2D eigenvalue weighted by molar-refractivity contribution is 7.99. The zero-order valence-corrected chi connectivity index (χ0v) is 10.6. The Balaban J connectivity index is 2.05. The minimum atomic E-state index is 0.540. The highest BCUT2D eigenvalue weighted by Gasteiger charge is 2.21. The van der Waals surface area contributed by atoms with Crippen LogP contribution in [0.25, 0.3) is 5.65 Å². The van der Waals surface area contributed by atoms with Gasteiger partial charge in [0.2, 0.25) is 5.65 Å². The summed E-state index contributed by atoms with van der Waals surface area (Å²) >= 11 is 2.03. The van der Waals surface area contributed by atoms with Crippen molar-refractivity contribution in [2.45, 2.75) is 18.8 Å². The SMILES string of the molecule is COc1cccn2c(C3CCSCC3)nnc12. The molecule has 90 valence electrons. The van der Waals surface area contributed by atoms with Gasteiger partial charge in [0.15, 0.2) is 5.75 Å². The van der Waals surface area contributed by atoms with E-state index in [-0.39, 0.29) is 0 Å². The lowest BCUT2D eigenvalue weighted by Crippen LogP contribution is -2.11. The predicted molar refractivity (Wildman–Crippen MR) is 68.8 cm³/mol. The van der Waals surface area contributed by atoms with Crippen LogP contribution in [0.5, 0.6) is 5.75 Å². The molecule has 3 rings (SSSR count). The first-order valence-corrected chi connectivity index (χ1v) is 7.01. The van der Waals surface area contributed by atoms with Crippen LogP contribution in [0, 0.1) is 0 Å². The molecule has 0 saturated carbocycles. The van der Waals surface area contributed by atoms with Gasteiger partial charge in [-0.05, 0) is 36.5 Å². The normalized spacial score (nSPS) is 17.5. The van der Waals surface area contributed by atoms with E-state index < -0.39 is 0 Å². The first-order chi connectivity index (χ1) is 8.40. The number of rotatable bonds is 2. The Morgan fingerprint density at radius 1 is 1.35 bits per heavy atom. The van der Waals surface area contributed by atoms with E-state index in [1.807, 2.05) is 30.1 Å². The second kappa shape index (κ2) is 4.56. The number of hydrogen-bond donors (Lipinski definition) is 0. The van der Waals surface area contributed by atoms with Gasteiger partial charge in [0.05, 0.1) is 7.11 Å². The molecule has 0 unspecified atom stereocenters. The molecular formula is C12H15N3OS. The van der Waals surface area contributed by atoms with Crippen LogP contribution in [0.2, 0.25) is 0 Å². The standard InChI is InChI=1S/C12H15N3OS/c1-16-10-3-2-6-15-11(13-14-12(10)15)9-4-7-17-8-5-9/h2-3,6,9H,4-5,7-8H2,1H3. The van der Waals surface area contributed by atoms with E-state index >= 15 is 0 Å². The van der Waals surface area contributed by atoms with Gasteiger partial charge in [-0.2, -0.15) is 11.8 Å². The number of hydrogen-bond acceptors (Lipinski definition) is 4. The molecule has 2 aromatic heterocycles. The highest BCUT2D eigenvalue weighted by Crippen LogP contribution is 2.31. The molecule has 4 nitrogen and oxygen atoms in total. The topological polar surface area (TPSA) is 39.4 Å². The zero-order valence-electron chi connectivity index (χ0n) is 9.80. The van der Waals surface area contributed by atoms with Crippen LogP contribution in [0.4, 0.5) is 0 Å². The molecular weight excluding hydrogens is 234 g/mol. The largest absolute Gasteiger partial charge is 0.493 e. The van der Waals surface area contributed by atoms with Crippen LogP contribution < -0.4 is 4.74 Å². The van der Waals surface area contributed by atoms with Gasteiger partial charge < -0.3 is 4.74 Å². The molecule has 0 aromatic carbocycles. The molecule has 0 bridgehead atoms. The first-order valence-electron chi connectivity index (χ1n) is 5.85. The number of methoxy groups -OCH3 is 1. The number of ether oxygens (including phenoxy) is 1. The fourth-order valence-corrected chi connectivity index (χ4v) is 3.41. The summed E-state index contributed by atoms with van der Waals surface area (Å²) in [5, 5.41) is 8.60. The maximum atomic E-state index is 5.30. The lowest BCUT2D eigenvalue weighted by atomic mass is 10.0. The van der Waals surface area contributed by atoms with Crippen LogP contribution >= 0.6 is 11.8 Å². The van der Waals surface area contributed by atoms with Crippen molar-refractivity contribution in [3.05, 3.63) is 24.2 Å². The molecule has 2 aromatic rings. The molecule has 0 atom stereocenters. The third kappa shape index (κ3) is 1.88. The van der Waals surface area contributed by atoms with E-state index in [2.05, 4.69) is 14.6 Å². The van der Waals surface area contributed by atoms with Gasteiger partial charge >= 0.3 is 0 Å². The molecule has 1 aliphatic heterocycles. The second-order valence-corrected chi connectivity index (χ2v) is 5.44. The summed E-state index contributed by atoms with van der Waals surface area (Å²) in [4.78, 5) is 0. The Morgan fingerprint density at radius 2 is 2.18 bits per heavy atom. The van der Waals surface area contributed by atoms with Gasteiger partial charge in [-0.1, -0.05) is 0 Å². The van der Waals surface area contributed by atoms with Crippen molar-refractivity contribution in [1.82, 2.24) is 14.6 Å². The molecule has 5 heteroatoms. The summed E-state index contributed by atoms with van der Waals surface area (Å²) < 4.78 is 7.37. The maximum absolute atomic E-state index is 5.30. The number of fused-ring (bicyclic) bond motifs is 1. The summed E-state index contributed by atoms with van der Waals surface area (Å²) in [7, 11) is 1.67. The van der Waals surface area contributed by atoms with Gasteiger partial charge in [-0.15, -0.1) is 10.2 Å². The van der Waals surface area contributed by atoms with Gasteiger partial charge in [0, 0.05) is 12.1 Å². The number of aromatic nitrogens is 3. The van der Waals surface area contributed by atoms with Crippen molar-refractivity contribution >= 4 is 17.4 Å². The van der Waals surface area contributed by atoms with Crippen molar-refractivity contribution in [3.63, 3.8) is 0 Å². The van der Waals surface area contributed by atoms with Crippen LogP contribution in [0.15, 0.2) is 18.3 Å². The molecule has 3 heterocycles. The summed E-state index contributed by atoms with van der Waals surface area (Å²) in [6.45, 7) is 0. The Labute approximate surface area is 104 Å². The second-order valence-electron chi connectivity index (χ2n) is 4.22. The third-order valence-corrected chi connectivity index (χ3v) is 4.28. The van der Waals surface area contributed by atoms with Crippen molar-refractivity contribution in [2.75, 3.05) is 18.6 Å². The van der Waals surface area contributed by atoms with Crippen LogP contribution in [0.3, 0.4) is 0 Å². The first kappa shape index (κ1) is 10.9. The van der Waals surface area contributed by atoms with E-state index in [9.17, 15) is 0 Å². The molecule has 0 amide bonds. The number of pyridine rings is 1. The smallest absolute Gasteiger partial charge is 0.203 e. The quantitative estimate of drug-likeness (QED) is 0.819. The van der Waals surface area contributed by atoms with Gasteiger partial charge in [0.1, 0.15) is 5.82 Å². The summed E-state index contributed by atoms with van der Waals surface area (Å²) in [5.41, 5.74) is 0.822. The monoisotopic (exact) mass is 249 g/mol. The summed E-state index contributed by atoms with van der Waals surface area (Å²) in [6.07, 6.45) is 4.42. The predicted octanol–water partition coefficient (Wildman–Crippen LogP) is 2.35. The van der Waals surface area contributed by atoms with Crippen LogP contribution in [-0.2, 0) is 0 Å². The Morgan fingerprint density at radius 3 is 2.94 bits per heavy atom. The molecule has 1 fully saturated rings. The summed E-state index contributed by atoms with van der Waals surface area (Å²) in [6, 6.07) is 3.90. The average molecular weight is 249 g/mol. The molecule has 17 heavy (non-hydrogen) atoms. The number of nitrogens with zero attached hydrogens (tertiary/aromatic N) is 3. The van der Waals surface area contributed by atoms with E-state index in [0.29, 0.717) is 5.92 Å². The lowest BCUT2D eigenvalue weighted by Gasteiger charge is -2.19. The summed E-state index contributed by atoms with van der Waals surface area (Å²) in [5.74, 6) is 4.86. The van der Waals surface area contributed by atoms with Gasteiger partial charge in [-0.3, -0.25) is 4.40 Å². The van der Waals surface area contributed by atoms with Crippen LogP contribution in [-0.4, -0.2) is 33.2 Å². The minimum Gasteiger partial charge on any atom is -0.493 e. The lowest BCUT2D eigenvalue weighted by molar-refractivity contribution is 0.416. The minimum absolute atomic E-state index is 0.540. The van der Waals surface area contributed by atoms with Crippen molar-refractivity contribution in [2.24, 2.45) is 0 Å². The number of thioether (sulfide) groups is 1.